The van der Waals surface area contributed by atoms with Gasteiger partial charge in [-0.3, -0.25) is 4.79 Å². The lowest BCUT2D eigenvalue weighted by Gasteiger charge is -2.18. The molecule has 0 saturated carbocycles. The van der Waals surface area contributed by atoms with Gasteiger partial charge in [-0.2, -0.15) is 0 Å². The molecule has 1 aromatic heterocycles. The Hall–Kier alpha value is -3.67. The lowest BCUT2D eigenvalue weighted by atomic mass is 10.1. The van der Waals surface area contributed by atoms with Gasteiger partial charge in [0.1, 0.15) is 24.0 Å². The smallest absolute Gasteiger partial charge is 0.223 e. The molecule has 0 N–H and O–H groups in total. The SMILES string of the molecule is Cc1cccc(OCCn2c([C@H]3CC(=O)N(Cc4ccc(F)cc4)C3)nc3ccccc32)c1C. The Balaban J connectivity index is 1.36. The zero-order valence-electron chi connectivity index (χ0n) is 19.5. The average Bonchev–Trinajstić information content (AvgIpc) is 3.38. The van der Waals surface area contributed by atoms with Crippen molar-refractivity contribution in [1.82, 2.24) is 14.5 Å². The van der Waals surface area contributed by atoms with Gasteiger partial charge in [0, 0.05) is 25.4 Å². The lowest BCUT2D eigenvalue weighted by molar-refractivity contribution is -0.128. The molecule has 0 aliphatic carbocycles. The number of rotatable bonds is 7. The third-order valence-electron chi connectivity index (χ3n) is 6.68. The van der Waals surface area contributed by atoms with Crippen LogP contribution in [0.3, 0.4) is 0 Å². The minimum absolute atomic E-state index is 0.000976. The molecule has 1 aliphatic rings. The van der Waals surface area contributed by atoms with Crippen LogP contribution >= 0.6 is 0 Å². The Morgan fingerprint density at radius 1 is 1.03 bits per heavy atom. The maximum Gasteiger partial charge on any atom is 0.223 e. The van der Waals surface area contributed by atoms with Gasteiger partial charge >= 0.3 is 0 Å². The quantitative estimate of drug-likeness (QED) is 0.374. The van der Waals surface area contributed by atoms with Crippen LogP contribution in [-0.2, 0) is 17.9 Å². The number of fused-ring (bicyclic) bond motifs is 1. The van der Waals surface area contributed by atoms with E-state index in [1.54, 1.807) is 12.1 Å². The highest BCUT2D eigenvalue weighted by Gasteiger charge is 2.34. The third-order valence-corrected chi connectivity index (χ3v) is 6.68. The zero-order chi connectivity index (χ0) is 23.7. The number of likely N-dealkylation sites (tertiary alicyclic amines) is 1. The molecule has 2 heterocycles. The second-order valence-corrected chi connectivity index (χ2v) is 8.96. The predicted molar refractivity (Wildman–Crippen MR) is 130 cm³/mol. The summed E-state index contributed by atoms with van der Waals surface area (Å²) >= 11 is 0. The number of amides is 1. The normalized spacial score (nSPS) is 15.9. The standard InChI is InChI=1S/C28H28FN3O2/c1-19-6-5-9-26(20(19)2)34-15-14-32-25-8-4-3-7-24(25)30-28(32)22-16-27(33)31(18-22)17-21-10-12-23(29)13-11-21/h3-13,22H,14-18H2,1-2H3/t22-/m0/s1. The highest BCUT2D eigenvalue weighted by molar-refractivity contribution is 5.81. The Morgan fingerprint density at radius 2 is 1.82 bits per heavy atom. The van der Waals surface area contributed by atoms with Crippen molar-refractivity contribution in [2.75, 3.05) is 13.2 Å². The van der Waals surface area contributed by atoms with Crippen LogP contribution in [0.5, 0.6) is 5.75 Å². The molecule has 1 amide bonds. The summed E-state index contributed by atoms with van der Waals surface area (Å²) in [7, 11) is 0. The summed E-state index contributed by atoms with van der Waals surface area (Å²) in [5.74, 6) is 1.64. The molecule has 1 fully saturated rings. The molecule has 1 aliphatic heterocycles. The monoisotopic (exact) mass is 457 g/mol. The van der Waals surface area contributed by atoms with Crippen molar-refractivity contribution in [2.24, 2.45) is 0 Å². The van der Waals surface area contributed by atoms with Crippen molar-refractivity contribution in [2.45, 2.75) is 39.3 Å². The Labute approximate surface area is 198 Å². The topological polar surface area (TPSA) is 47.4 Å². The number of aryl methyl sites for hydroxylation is 1. The Kier molecular flexibility index (Phi) is 6.05. The minimum atomic E-state index is -0.272. The summed E-state index contributed by atoms with van der Waals surface area (Å²) in [4.78, 5) is 19.6. The number of imidazole rings is 1. The van der Waals surface area contributed by atoms with E-state index in [2.05, 4.69) is 30.5 Å². The van der Waals surface area contributed by atoms with Gasteiger partial charge in [0.25, 0.3) is 0 Å². The number of hydrogen-bond acceptors (Lipinski definition) is 3. The number of carbonyl (C=O) groups is 1. The second kappa shape index (κ2) is 9.29. The van der Waals surface area contributed by atoms with Crippen molar-refractivity contribution in [1.29, 1.82) is 0 Å². The molecule has 4 aromatic rings. The van der Waals surface area contributed by atoms with Crippen LogP contribution < -0.4 is 4.74 Å². The van der Waals surface area contributed by atoms with Gasteiger partial charge in [-0.15, -0.1) is 0 Å². The molecular weight excluding hydrogens is 429 g/mol. The average molecular weight is 458 g/mol. The van der Waals surface area contributed by atoms with E-state index < -0.39 is 0 Å². The molecule has 0 radical (unpaired) electrons. The molecule has 3 aromatic carbocycles. The number of halogens is 1. The summed E-state index contributed by atoms with van der Waals surface area (Å²) in [5, 5.41) is 0. The number of nitrogens with zero attached hydrogens (tertiary/aromatic N) is 3. The van der Waals surface area contributed by atoms with E-state index >= 15 is 0 Å². The maximum absolute atomic E-state index is 13.3. The maximum atomic E-state index is 13.3. The molecule has 1 atom stereocenters. The third kappa shape index (κ3) is 4.40. The minimum Gasteiger partial charge on any atom is -0.491 e. The second-order valence-electron chi connectivity index (χ2n) is 8.96. The van der Waals surface area contributed by atoms with Crippen molar-refractivity contribution >= 4 is 16.9 Å². The number of ether oxygens (including phenoxy) is 1. The van der Waals surface area contributed by atoms with Gasteiger partial charge in [-0.1, -0.05) is 36.4 Å². The number of carbonyl (C=O) groups excluding carboxylic acids is 1. The summed E-state index contributed by atoms with van der Waals surface area (Å²) in [6.07, 6.45) is 0.419. The van der Waals surface area contributed by atoms with E-state index in [4.69, 9.17) is 9.72 Å². The van der Waals surface area contributed by atoms with E-state index in [9.17, 15) is 9.18 Å². The zero-order valence-corrected chi connectivity index (χ0v) is 19.5. The summed E-state index contributed by atoms with van der Waals surface area (Å²) in [5.41, 5.74) is 5.25. The summed E-state index contributed by atoms with van der Waals surface area (Å²) in [6.45, 7) is 6.38. The van der Waals surface area contributed by atoms with E-state index in [0.717, 1.165) is 33.7 Å². The Bertz CT molecular complexity index is 1330. The largest absolute Gasteiger partial charge is 0.491 e. The first kappa shape index (κ1) is 22.1. The van der Waals surface area contributed by atoms with Crippen LogP contribution in [0.15, 0.2) is 66.7 Å². The van der Waals surface area contributed by atoms with Crippen LogP contribution in [0, 0.1) is 19.7 Å². The van der Waals surface area contributed by atoms with Gasteiger partial charge in [-0.25, -0.2) is 9.37 Å². The number of hydrogen-bond donors (Lipinski definition) is 0. The number of aromatic nitrogens is 2. The highest BCUT2D eigenvalue weighted by Crippen LogP contribution is 2.31. The number of benzene rings is 3. The molecule has 0 unspecified atom stereocenters. The van der Waals surface area contributed by atoms with Gasteiger partial charge in [0.05, 0.1) is 17.6 Å². The molecule has 6 heteroatoms. The van der Waals surface area contributed by atoms with Gasteiger partial charge < -0.3 is 14.2 Å². The molecule has 5 nitrogen and oxygen atoms in total. The van der Waals surface area contributed by atoms with E-state index in [0.29, 0.717) is 32.7 Å². The van der Waals surface area contributed by atoms with Crippen molar-refractivity contribution in [3.8, 4) is 5.75 Å². The molecule has 1 saturated heterocycles. The van der Waals surface area contributed by atoms with Crippen LogP contribution in [0.2, 0.25) is 0 Å². The van der Waals surface area contributed by atoms with Crippen molar-refractivity contribution in [3.63, 3.8) is 0 Å². The van der Waals surface area contributed by atoms with Gasteiger partial charge in [0.2, 0.25) is 5.91 Å². The van der Waals surface area contributed by atoms with E-state index in [-0.39, 0.29) is 17.6 Å². The molecular formula is C28H28FN3O2. The van der Waals surface area contributed by atoms with E-state index in [1.165, 1.54) is 17.7 Å². The van der Waals surface area contributed by atoms with Crippen molar-refractivity contribution in [3.05, 3.63) is 95.1 Å². The fraction of sp³-hybridized carbons (Fsp3) is 0.286. The highest BCUT2D eigenvalue weighted by atomic mass is 19.1. The van der Waals surface area contributed by atoms with Crippen LogP contribution in [0.25, 0.3) is 11.0 Å². The lowest BCUT2D eigenvalue weighted by Crippen LogP contribution is -2.24. The van der Waals surface area contributed by atoms with Gasteiger partial charge in [-0.05, 0) is 60.9 Å². The molecule has 5 rings (SSSR count). The van der Waals surface area contributed by atoms with Crippen LogP contribution in [0.1, 0.15) is 34.9 Å². The van der Waals surface area contributed by atoms with Crippen molar-refractivity contribution < 1.29 is 13.9 Å². The molecule has 0 bridgehead atoms. The first-order valence-corrected chi connectivity index (χ1v) is 11.7. The molecule has 0 spiro atoms. The van der Waals surface area contributed by atoms with Crippen LogP contribution in [-0.4, -0.2) is 33.5 Å². The summed E-state index contributed by atoms with van der Waals surface area (Å²) in [6, 6.07) is 20.5. The fourth-order valence-corrected chi connectivity index (χ4v) is 4.68. The molecule has 34 heavy (non-hydrogen) atoms. The first-order valence-electron chi connectivity index (χ1n) is 11.7. The fourth-order valence-electron chi connectivity index (χ4n) is 4.68. The van der Waals surface area contributed by atoms with E-state index in [1.807, 2.05) is 35.2 Å². The first-order chi connectivity index (χ1) is 16.5. The Morgan fingerprint density at radius 3 is 2.65 bits per heavy atom. The van der Waals surface area contributed by atoms with Crippen LogP contribution in [0.4, 0.5) is 4.39 Å². The molecule has 174 valence electrons. The number of para-hydroxylation sites is 2. The summed E-state index contributed by atoms with van der Waals surface area (Å²) < 4.78 is 21.6. The van der Waals surface area contributed by atoms with Gasteiger partial charge in [0.15, 0.2) is 0 Å². The predicted octanol–water partition coefficient (Wildman–Crippen LogP) is 5.39.